The van der Waals surface area contributed by atoms with Crippen LogP contribution in [0.4, 0.5) is 0 Å². The molecule has 0 aliphatic rings. The molecule has 4 aromatic carbocycles. The van der Waals surface area contributed by atoms with Gasteiger partial charge in [-0.15, -0.1) is 0 Å². The molecular formula is C25H20BClO2. The van der Waals surface area contributed by atoms with Gasteiger partial charge in [0.15, 0.2) is 0 Å². The van der Waals surface area contributed by atoms with E-state index >= 15 is 0 Å². The van der Waals surface area contributed by atoms with Gasteiger partial charge in [0.05, 0.1) is 5.41 Å². The summed E-state index contributed by atoms with van der Waals surface area (Å²) in [5, 5.41) is 21.0. The zero-order valence-corrected chi connectivity index (χ0v) is 16.5. The Morgan fingerprint density at radius 3 is 1.38 bits per heavy atom. The van der Waals surface area contributed by atoms with Crippen molar-refractivity contribution in [3.8, 4) is 0 Å². The summed E-state index contributed by atoms with van der Waals surface area (Å²) in [4.78, 5) is 0. The fraction of sp³-hybridized carbons (Fsp3) is 0.0400. The first-order valence-corrected chi connectivity index (χ1v) is 9.84. The van der Waals surface area contributed by atoms with Gasteiger partial charge in [-0.2, -0.15) is 0 Å². The Balaban J connectivity index is 2.20. The Hall–Kier alpha value is -2.85. The van der Waals surface area contributed by atoms with Gasteiger partial charge in [-0.25, -0.2) is 0 Å². The molecule has 0 aliphatic carbocycles. The molecule has 0 bridgehead atoms. The van der Waals surface area contributed by atoms with E-state index in [1.165, 1.54) is 0 Å². The third-order valence-corrected chi connectivity index (χ3v) is 5.55. The van der Waals surface area contributed by atoms with Gasteiger partial charge in [-0.3, -0.25) is 0 Å². The summed E-state index contributed by atoms with van der Waals surface area (Å²) in [7, 11) is -1.63. The van der Waals surface area contributed by atoms with Crippen molar-refractivity contribution in [2.45, 2.75) is 5.41 Å². The lowest BCUT2D eigenvalue weighted by molar-refractivity contribution is 0.425. The van der Waals surface area contributed by atoms with Crippen molar-refractivity contribution in [1.82, 2.24) is 0 Å². The van der Waals surface area contributed by atoms with E-state index < -0.39 is 12.5 Å². The maximum atomic E-state index is 10.2. The molecular weight excluding hydrogens is 379 g/mol. The van der Waals surface area contributed by atoms with Gasteiger partial charge in [0.25, 0.3) is 0 Å². The van der Waals surface area contributed by atoms with Crippen LogP contribution in [0.5, 0.6) is 0 Å². The summed E-state index contributed by atoms with van der Waals surface area (Å²) in [5.41, 5.74) is 3.44. The second-order valence-corrected chi connectivity index (χ2v) is 7.39. The molecule has 0 aliphatic heterocycles. The second kappa shape index (κ2) is 8.26. The summed E-state index contributed by atoms with van der Waals surface area (Å²) >= 11 is 6.43. The highest BCUT2D eigenvalue weighted by molar-refractivity contribution is 6.59. The van der Waals surface area contributed by atoms with Gasteiger partial charge in [-0.1, -0.05) is 109 Å². The Bertz CT molecular complexity index is 987. The minimum Gasteiger partial charge on any atom is -0.423 e. The minimum atomic E-state index is -1.63. The van der Waals surface area contributed by atoms with Crippen LogP contribution in [0.15, 0.2) is 109 Å². The van der Waals surface area contributed by atoms with Crippen molar-refractivity contribution in [2.24, 2.45) is 0 Å². The van der Waals surface area contributed by atoms with Crippen LogP contribution in [-0.2, 0) is 5.41 Å². The van der Waals surface area contributed by atoms with Gasteiger partial charge in [-0.05, 0) is 39.8 Å². The average Bonchev–Trinajstić information content (AvgIpc) is 2.77. The van der Waals surface area contributed by atoms with Gasteiger partial charge in [0.1, 0.15) is 0 Å². The molecule has 142 valence electrons. The molecule has 0 radical (unpaired) electrons. The number of rotatable bonds is 5. The van der Waals surface area contributed by atoms with E-state index in [1.54, 1.807) is 12.1 Å². The van der Waals surface area contributed by atoms with Crippen LogP contribution in [0, 0.1) is 0 Å². The molecule has 0 unspecified atom stereocenters. The normalized spacial score (nSPS) is 11.3. The average molecular weight is 399 g/mol. The van der Waals surface area contributed by atoms with Crippen LogP contribution in [0.2, 0.25) is 5.02 Å². The summed E-state index contributed by atoms with van der Waals surface area (Å²) in [6, 6.07) is 35.5. The van der Waals surface area contributed by atoms with Crippen molar-refractivity contribution >= 4 is 24.2 Å². The van der Waals surface area contributed by atoms with E-state index in [0.29, 0.717) is 10.5 Å². The largest absolute Gasteiger partial charge is 0.488 e. The Morgan fingerprint density at radius 2 is 1.00 bits per heavy atom. The van der Waals surface area contributed by atoms with Crippen molar-refractivity contribution in [3.63, 3.8) is 0 Å². The van der Waals surface area contributed by atoms with E-state index in [9.17, 15) is 10.0 Å². The fourth-order valence-corrected chi connectivity index (χ4v) is 4.28. The summed E-state index contributed by atoms with van der Waals surface area (Å²) in [6.45, 7) is 0. The monoisotopic (exact) mass is 398 g/mol. The van der Waals surface area contributed by atoms with Crippen LogP contribution in [0.25, 0.3) is 0 Å². The van der Waals surface area contributed by atoms with Crippen molar-refractivity contribution < 1.29 is 10.0 Å². The number of benzene rings is 4. The van der Waals surface area contributed by atoms with Crippen LogP contribution >= 0.6 is 11.6 Å². The molecule has 4 rings (SSSR count). The van der Waals surface area contributed by atoms with E-state index in [4.69, 9.17) is 11.6 Å². The lowest BCUT2D eigenvalue weighted by Crippen LogP contribution is -2.42. The van der Waals surface area contributed by atoms with Crippen molar-refractivity contribution in [3.05, 3.63) is 136 Å². The van der Waals surface area contributed by atoms with Crippen LogP contribution in [-0.4, -0.2) is 17.2 Å². The quantitative estimate of drug-likeness (QED) is 0.386. The minimum absolute atomic E-state index is 0.422. The molecule has 29 heavy (non-hydrogen) atoms. The zero-order chi connectivity index (χ0) is 20.3. The Morgan fingerprint density at radius 1 is 0.586 bits per heavy atom. The lowest BCUT2D eigenvalue weighted by atomic mass is 9.60. The van der Waals surface area contributed by atoms with E-state index in [0.717, 1.165) is 22.3 Å². The predicted octanol–water partition coefficient (Wildman–Crippen LogP) is 4.40. The molecule has 0 saturated carbocycles. The van der Waals surface area contributed by atoms with Gasteiger partial charge in [0, 0.05) is 5.02 Å². The van der Waals surface area contributed by atoms with Gasteiger partial charge in [0.2, 0.25) is 0 Å². The molecule has 0 heterocycles. The number of halogens is 1. The summed E-state index contributed by atoms with van der Waals surface area (Å²) in [6.07, 6.45) is 0. The van der Waals surface area contributed by atoms with E-state index in [2.05, 4.69) is 36.4 Å². The standard InChI is InChI=1S/C25H20BClO2/c27-22-16-17-24(26(28)29)23(18-22)25(19-10-4-1-5-11-19,20-12-6-2-7-13-20)21-14-8-3-9-15-21/h1-18,28-29H. The van der Waals surface area contributed by atoms with Crippen molar-refractivity contribution in [2.75, 3.05) is 0 Å². The maximum absolute atomic E-state index is 10.2. The first kappa shape index (κ1) is 19.5. The molecule has 0 atom stereocenters. The zero-order valence-electron chi connectivity index (χ0n) is 15.7. The predicted molar refractivity (Wildman–Crippen MR) is 120 cm³/mol. The molecule has 2 N–H and O–H groups in total. The molecule has 0 aromatic heterocycles. The maximum Gasteiger partial charge on any atom is 0.488 e. The second-order valence-electron chi connectivity index (χ2n) is 6.95. The molecule has 0 spiro atoms. The molecule has 0 amide bonds. The Kier molecular flexibility index (Phi) is 5.55. The van der Waals surface area contributed by atoms with Crippen LogP contribution in [0.3, 0.4) is 0 Å². The third kappa shape index (κ3) is 3.49. The summed E-state index contributed by atoms with van der Waals surface area (Å²) in [5.74, 6) is 0. The first-order valence-electron chi connectivity index (χ1n) is 9.46. The lowest BCUT2D eigenvalue weighted by Gasteiger charge is -2.38. The van der Waals surface area contributed by atoms with E-state index in [1.807, 2.05) is 60.7 Å². The third-order valence-electron chi connectivity index (χ3n) is 5.32. The SMILES string of the molecule is OB(O)c1ccc(Cl)cc1C(c1ccccc1)(c1ccccc1)c1ccccc1. The highest BCUT2D eigenvalue weighted by Crippen LogP contribution is 2.44. The molecule has 2 nitrogen and oxygen atoms in total. The van der Waals surface area contributed by atoms with Crippen molar-refractivity contribution in [1.29, 1.82) is 0 Å². The molecule has 0 fully saturated rings. The number of hydrogen-bond acceptors (Lipinski definition) is 2. The highest BCUT2D eigenvalue weighted by atomic mass is 35.5. The van der Waals surface area contributed by atoms with Gasteiger partial charge >= 0.3 is 7.12 Å². The fourth-order valence-electron chi connectivity index (χ4n) is 4.11. The van der Waals surface area contributed by atoms with E-state index in [-0.39, 0.29) is 0 Å². The van der Waals surface area contributed by atoms with Crippen LogP contribution < -0.4 is 5.46 Å². The first-order chi connectivity index (χ1) is 14.1. The topological polar surface area (TPSA) is 40.5 Å². The molecule has 4 aromatic rings. The Labute approximate surface area is 176 Å². The number of hydrogen-bond donors (Lipinski definition) is 2. The molecule has 0 saturated heterocycles. The summed E-state index contributed by atoms with van der Waals surface area (Å²) < 4.78 is 0. The van der Waals surface area contributed by atoms with Crippen LogP contribution in [0.1, 0.15) is 22.3 Å². The molecule has 4 heteroatoms. The highest BCUT2D eigenvalue weighted by Gasteiger charge is 2.41. The smallest absolute Gasteiger partial charge is 0.423 e. The van der Waals surface area contributed by atoms with Gasteiger partial charge < -0.3 is 10.0 Å².